The van der Waals surface area contributed by atoms with Crippen LogP contribution in [0.25, 0.3) is 0 Å². The summed E-state index contributed by atoms with van der Waals surface area (Å²) in [5.41, 5.74) is 0.955. The second-order valence-corrected chi connectivity index (χ2v) is 7.68. The standard InChI is InChI=1S/C21H20N2O2S/c1-21(2)23(20(24)16-11-7-4-8-12-16)17(15-9-5-3-6-10-15)18(25-21)19-22-13-14-26-19/h3-14,17-18H,1-2H3/t17-,18+/m0/s1. The smallest absolute Gasteiger partial charge is 0.256 e. The Hall–Kier alpha value is -2.50. The highest BCUT2D eigenvalue weighted by atomic mass is 32.1. The normalized spacial score (nSPS) is 21.7. The Labute approximate surface area is 157 Å². The zero-order valence-corrected chi connectivity index (χ0v) is 15.5. The molecule has 1 aromatic heterocycles. The topological polar surface area (TPSA) is 42.4 Å². The molecule has 0 spiro atoms. The van der Waals surface area contributed by atoms with Crippen LogP contribution in [0.4, 0.5) is 0 Å². The molecule has 1 saturated heterocycles. The van der Waals surface area contributed by atoms with Crippen molar-refractivity contribution in [1.29, 1.82) is 0 Å². The first-order valence-electron chi connectivity index (χ1n) is 8.59. The quantitative estimate of drug-likeness (QED) is 0.668. The molecule has 0 radical (unpaired) electrons. The van der Waals surface area contributed by atoms with Gasteiger partial charge in [0.25, 0.3) is 5.91 Å². The lowest BCUT2D eigenvalue weighted by molar-refractivity contribution is -0.0654. The van der Waals surface area contributed by atoms with Gasteiger partial charge < -0.3 is 9.64 Å². The first-order valence-corrected chi connectivity index (χ1v) is 9.47. The fourth-order valence-electron chi connectivity index (χ4n) is 3.53. The highest BCUT2D eigenvalue weighted by molar-refractivity contribution is 7.09. The molecule has 2 heterocycles. The molecule has 26 heavy (non-hydrogen) atoms. The van der Waals surface area contributed by atoms with E-state index in [-0.39, 0.29) is 18.1 Å². The maximum Gasteiger partial charge on any atom is 0.256 e. The molecule has 3 aromatic rings. The summed E-state index contributed by atoms with van der Waals surface area (Å²) in [5, 5.41) is 2.82. The number of hydrogen-bond donors (Lipinski definition) is 0. The molecule has 4 rings (SSSR count). The van der Waals surface area contributed by atoms with Crippen molar-refractivity contribution in [2.75, 3.05) is 0 Å². The van der Waals surface area contributed by atoms with Gasteiger partial charge in [-0.15, -0.1) is 11.3 Å². The van der Waals surface area contributed by atoms with Gasteiger partial charge in [-0.05, 0) is 31.5 Å². The van der Waals surface area contributed by atoms with Gasteiger partial charge in [0, 0.05) is 17.1 Å². The van der Waals surface area contributed by atoms with Crippen molar-refractivity contribution in [2.24, 2.45) is 0 Å². The summed E-state index contributed by atoms with van der Waals surface area (Å²) in [6, 6.07) is 19.2. The maximum atomic E-state index is 13.4. The van der Waals surface area contributed by atoms with Crippen LogP contribution in [0.15, 0.2) is 72.2 Å². The third kappa shape index (κ3) is 2.93. The van der Waals surface area contributed by atoms with E-state index >= 15 is 0 Å². The monoisotopic (exact) mass is 364 g/mol. The minimum atomic E-state index is -0.746. The molecular weight excluding hydrogens is 344 g/mol. The zero-order chi connectivity index (χ0) is 18.1. The van der Waals surface area contributed by atoms with Crippen LogP contribution >= 0.6 is 11.3 Å². The molecule has 0 bridgehead atoms. The Morgan fingerprint density at radius 3 is 2.35 bits per heavy atom. The van der Waals surface area contributed by atoms with Gasteiger partial charge in [0.2, 0.25) is 0 Å². The molecular formula is C21H20N2O2S. The van der Waals surface area contributed by atoms with Gasteiger partial charge in [-0.2, -0.15) is 0 Å². The van der Waals surface area contributed by atoms with Crippen LogP contribution in [0.5, 0.6) is 0 Å². The largest absolute Gasteiger partial charge is 0.343 e. The summed E-state index contributed by atoms with van der Waals surface area (Å²) in [6.45, 7) is 3.88. The average Bonchev–Trinajstić information content (AvgIpc) is 3.28. The molecule has 1 aliphatic heterocycles. The number of ether oxygens (including phenoxy) is 1. The van der Waals surface area contributed by atoms with Crippen LogP contribution in [0.2, 0.25) is 0 Å². The summed E-state index contributed by atoms with van der Waals surface area (Å²) < 4.78 is 6.37. The molecule has 1 aliphatic rings. The maximum absolute atomic E-state index is 13.4. The Bertz CT molecular complexity index is 879. The number of hydrogen-bond acceptors (Lipinski definition) is 4. The molecule has 1 amide bonds. The second kappa shape index (κ2) is 6.67. The van der Waals surface area contributed by atoms with Gasteiger partial charge >= 0.3 is 0 Å². The van der Waals surface area contributed by atoms with Crippen molar-refractivity contribution >= 4 is 17.2 Å². The number of carbonyl (C=O) groups is 1. The van der Waals surface area contributed by atoms with E-state index < -0.39 is 5.72 Å². The number of rotatable bonds is 3. The van der Waals surface area contributed by atoms with E-state index in [1.165, 1.54) is 0 Å². The third-order valence-electron chi connectivity index (χ3n) is 4.64. The van der Waals surface area contributed by atoms with Crippen molar-refractivity contribution in [3.8, 4) is 0 Å². The SMILES string of the molecule is CC1(C)O[C@@H](c2nccs2)[C@H](c2ccccc2)N1C(=O)c1ccccc1. The molecule has 0 saturated carbocycles. The van der Waals surface area contributed by atoms with Crippen molar-refractivity contribution < 1.29 is 9.53 Å². The van der Waals surface area contributed by atoms with Crippen molar-refractivity contribution in [2.45, 2.75) is 31.7 Å². The lowest BCUT2D eigenvalue weighted by atomic mass is 9.99. The fourth-order valence-corrected chi connectivity index (χ4v) is 4.22. The summed E-state index contributed by atoms with van der Waals surface area (Å²) in [4.78, 5) is 19.7. The minimum absolute atomic E-state index is 0.0384. The van der Waals surface area contributed by atoms with Crippen LogP contribution in [-0.4, -0.2) is 21.5 Å². The van der Waals surface area contributed by atoms with Crippen LogP contribution in [0, 0.1) is 0 Å². The Kier molecular flexibility index (Phi) is 4.34. The van der Waals surface area contributed by atoms with Crippen molar-refractivity contribution in [1.82, 2.24) is 9.88 Å². The van der Waals surface area contributed by atoms with Gasteiger partial charge in [-0.25, -0.2) is 4.98 Å². The van der Waals surface area contributed by atoms with Gasteiger partial charge in [0.05, 0.1) is 6.04 Å². The van der Waals surface area contributed by atoms with Crippen LogP contribution in [0.3, 0.4) is 0 Å². The van der Waals surface area contributed by atoms with Crippen molar-refractivity contribution in [3.05, 3.63) is 88.4 Å². The predicted octanol–water partition coefficient (Wildman–Crippen LogP) is 4.83. The molecule has 2 atom stereocenters. The third-order valence-corrected chi connectivity index (χ3v) is 5.47. The number of carbonyl (C=O) groups excluding carboxylic acids is 1. The minimum Gasteiger partial charge on any atom is -0.343 e. The van der Waals surface area contributed by atoms with E-state index in [4.69, 9.17) is 4.74 Å². The lowest BCUT2D eigenvalue weighted by Gasteiger charge is -2.34. The van der Waals surface area contributed by atoms with E-state index in [2.05, 4.69) is 4.98 Å². The van der Waals surface area contributed by atoms with Crippen LogP contribution in [-0.2, 0) is 4.74 Å². The highest BCUT2D eigenvalue weighted by Crippen LogP contribution is 2.50. The predicted molar refractivity (Wildman–Crippen MR) is 102 cm³/mol. The number of benzene rings is 2. The van der Waals surface area contributed by atoms with E-state index in [9.17, 15) is 4.79 Å². The number of amides is 1. The molecule has 0 unspecified atom stereocenters. The second-order valence-electron chi connectivity index (χ2n) is 6.75. The fraction of sp³-hybridized carbons (Fsp3) is 0.238. The van der Waals surface area contributed by atoms with Gasteiger partial charge in [-0.3, -0.25) is 4.79 Å². The van der Waals surface area contributed by atoms with Crippen LogP contribution < -0.4 is 0 Å². The number of thiazole rings is 1. The Balaban J connectivity index is 1.82. The molecule has 4 nitrogen and oxygen atoms in total. The summed E-state index contributed by atoms with van der Waals surface area (Å²) >= 11 is 1.55. The van der Waals surface area contributed by atoms with Crippen LogP contribution in [0.1, 0.15) is 46.9 Å². The first kappa shape index (κ1) is 16.9. The summed E-state index contributed by atoms with van der Waals surface area (Å²) in [7, 11) is 0. The summed E-state index contributed by atoms with van der Waals surface area (Å²) in [5.74, 6) is -0.0384. The average molecular weight is 364 g/mol. The number of nitrogens with zero attached hydrogens (tertiary/aromatic N) is 2. The molecule has 132 valence electrons. The summed E-state index contributed by atoms with van der Waals surface area (Å²) in [6.07, 6.45) is 1.49. The Morgan fingerprint density at radius 1 is 1.08 bits per heavy atom. The highest BCUT2D eigenvalue weighted by Gasteiger charge is 2.51. The lowest BCUT2D eigenvalue weighted by Crippen LogP contribution is -2.44. The van der Waals surface area contributed by atoms with Gasteiger partial charge in [-0.1, -0.05) is 48.5 Å². The molecule has 1 fully saturated rings. The van der Waals surface area contributed by atoms with Gasteiger partial charge in [0.1, 0.15) is 16.8 Å². The Morgan fingerprint density at radius 2 is 1.73 bits per heavy atom. The first-order chi connectivity index (χ1) is 12.6. The van der Waals surface area contributed by atoms with E-state index in [1.54, 1.807) is 17.5 Å². The van der Waals surface area contributed by atoms with Gasteiger partial charge in [0.15, 0.2) is 0 Å². The molecule has 0 aliphatic carbocycles. The molecule has 0 N–H and O–H groups in total. The van der Waals surface area contributed by atoms with E-state index in [1.807, 2.05) is 84.8 Å². The zero-order valence-electron chi connectivity index (χ0n) is 14.7. The molecule has 5 heteroatoms. The van der Waals surface area contributed by atoms with Crippen molar-refractivity contribution in [3.63, 3.8) is 0 Å². The van der Waals surface area contributed by atoms with E-state index in [0.29, 0.717) is 5.56 Å². The number of aromatic nitrogens is 1. The van der Waals surface area contributed by atoms with E-state index in [0.717, 1.165) is 10.6 Å². The molecule has 2 aromatic carbocycles.